The van der Waals surface area contributed by atoms with Crippen LogP contribution in [0.15, 0.2) is 71.9 Å². The number of aryl methyl sites for hydroxylation is 1. The van der Waals surface area contributed by atoms with Gasteiger partial charge in [0.05, 0.1) is 26.5 Å². The smallest absolute Gasteiger partial charge is 0.258 e. The number of nitrogens with zero attached hydrogens (tertiary/aromatic N) is 2. The van der Waals surface area contributed by atoms with Crippen molar-refractivity contribution in [1.82, 2.24) is 10.3 Å². The molecule has 0 atom stereocenters. The molecule has 1 heterocycles. The number of nitrogens with one attached hydrogen (secondary N) is 2. The minimum Gasteiger partial charge on any atom is -0.493 e. The van der Waals surface area contributed by atoms with E-state index in [-0.39, 0.29) is 5.91 Å². The van der Waals surface area contributed by atoms with Crippen LogP contribution in [0.4, 0.5) is 5.69 Å². The number of carbonyl (C=O) groups is 1. The lowest BCUT2D eigenvalue weighted by Crippen LogP contribution is -2.36. The summed E-state index contributed by atoms with van der Waals surface area (Å²) in [6.45, 7) is 2.42. The molecule has 0 aliphatic heterocycles. The molecule has 160 valence electrons. The maximum absolute atomic E-state index is 12.9. The zero-order chi connectivity index (χ0) is 22.1. The average molecular weight is 418 g/mol. The van der Waals surface area contributed by atoms with E-state index >= 15 is 0 Å². The van der Waals surface area contributed by atoms with Gasteiger partial charge >= 0.3 is 0 Å². The summed E-state index contributed by atoms with van der Waals surface area (Å²) in [6, 6.07) is 18.6. The van der Waals surface area contributed by atoms with E-state index in [1.165, 1.54) is 12.7 Å². The molecule has 0 radical (unpaired) electrons. The predicted octanol–water partition coefficient (Wildman–Crippen LogP) is 4.06. The van der Waals surface area contributed by atoms with E-state index in [9.17, 15) is 4.79 Å². The number of hydrogen-bond acceptors (Lipinski definition) is 5. The molecule has 0 saturated heterocycles. The number of rotatable bonds is 7. The van der Waals surface area contributed by atoms with Crippen molar-refractivity contribution >= 4 is 17.6 Å². The molecule has 1 amide bonds. The highest BCUT2D eigenvalue weighted by Gasteiger charge is 2.13. The molecule has 31 heavy (non-hydrogen) atoms. The van der Waals surface area contributed by atoms with Crippen molar-refractivity contribution in [3.8, 4) is 11.5 Å². The fraction of sp³-hybridized carbons (Fsp3) is 0.208. The Hall–Kier alpha value is -3.87. The summed E-state index contributed by atoms with van der Waals surface area (Å²) in [5, 5.41) is 6.03. The second-order valence-electron chi connectivity index (χ2n) is 6.69. The number of carbonyl (C=O) groups excluding carboxylic acids is 1. The van der Waals surface area contributed by atoms with E-state index in [4.69, 9.17) is 9.47 Å². The zero-order valence-corrected chi connectivity index (χ0v) is 17.9. The minimum absolute atomic E-state index is 0.321. The third kappa shape index (κ3) is 6.05. The monoisotopic (exact) mass is 418 g/mol. The molecule has 1 aromatic heterocycles. The molecule has 3 rings (SSSR count). The van der Waals surface area contributed by atoms with Crippen molar-refractivity contribution in [3.63, 3.8) is 0 Å². The Morgan fingerprint density at radius 3 is 2.42 bits per heavy atom. The van der Waals surface area contributed by atoms with Crippen LogP contribution in [0.1, 0.15) is 28.5 Å². The van der Waals surface area contributed by atoms with Crippen molar-refractivity contribution in [2.45, 2.75) is 19.9 Å². The van der Waals surface area contributed by atoms with Gasteiger partial charge in [0.2, 0.25) is 5.96 Å². The zero-order valence-electron chi connectivity index (χ0n) is 17.9. The first-order chi connectivity index (χ1) is 15.1. The lowest BCUT2D eigenvalue weighted by atomic mass is 10.1. The van der Waals surface area contributed by atoms with Gasteiger partial charge in [0.1, 0.15) is 0 Å². The maximum atomic E-state index is 12.9. The van der Waals surface area contributed by atoms with Gasteiger partial charge < -0.3 is 14.8 Å². The van der Waals surface area contributed by atoms with Gasteiger partial charge in [-0.1, -0.05) is 25.1 Å². The Kier molecular flexibility index (Phi) is 7.59. The van der Waals surface area contributed by atoms with Crippen LogP contribution in [-0.2, 0) is 13.0 Å². The second-order valence-corrected chi connectivity index (χ2v) is 6.69. The van der Waals surface area contributed by atoms with Crippen LogP contribution in [0.3, 0.4) is 0 Å². The van der Waals surface area contributed by atoms with Crippen LogP contribution in [0.5, 0.6) is 11.5 Å². The molecular formula is C24H26N4O3. The first kappa shape index (κ1) is 21.8. The summed E-state index contributed by atoms with van der Waals surface area (Å²) < 4.78 is 10.5. The van der Waals surface area contributed by atoms with Crippen molar-refractivity contribution in [3.05, 3.63) is 83.7 Å². The van der Waals surface area contributed by atoms with Gasteiger partial charge in [0, 0.05) is 17.4 Å². The SMILES string of the molecule is CCc1ccc(NC(=NCc2ccccn2)NC(=O)c2ccc(OC)c(OC)c2)cc1. The Bertz CT molecular complexity index is 1030. The summed E-state index contributed by atoms with van der Waals surface area (Å²) in [4.78, 5) is 21.7. The minimum atomic E-state index is -0.321. The third-order valence-electron chi connectivity index (χ3n) is 4.63. The van der Waals surface area contributed by atoms with Gasteiger partial charge in [-0.05, 0) is 54.4 Å². The Morgan fingerprint density at radius 2 is 1.77 bits per heavy atom. The number of amides is 1. The number of ether oxygens (including phenoxy) is 2. The van der Waals surface area contributed by atoms with Crippen molar-refractivity contribution in [2.24, 2.45) is 4.99 Å². The van der Waals surface area contributed by atoms with Crippen LogP contribution < -0.4 is 20.1 Å². The normalized spacial score (nSPS) is 11.0. The lowest BCUT2D eigenvalue weighted by Gasteiger charge is -2.13. The van der Waals surface area contributed by atoms with Crippen molar-refractivity contribution in [2.75, 3.05) is 19.5 Å². The van der Waals surface area contributed by atoms with E-state index in [0.29, 0.717) is 29.6 Å². The highest BCUT2D eigenvalue weighted by Crippen LogP contribution is 2.27. The van der Waals surface area contributed by atoms with E-state index in [1.807, 2.05) is 42.5 Å². The van der Waals surface area contributed by atoms with Crippen molar-refractivity contribution in [1.29, 1.82) is 0 Å². The topological polar surface area (TPSA) is 84.8 Å². The fourth-order valence-corrected chi connectivity index (χ4v) is 2.88. The van der Waals surface area contributed by atoms with E-state index in [2.05, 4.69) is 27.5 Å². The maximum Gasteiger partial charge on any atom is 0.258 e. The highest BCUT2D eigenvalue weighted by molar-refractivity contribution is 6.10. The molecule has 0 fully saturated rings. The summed E-state index contributed by atoms with van der Waals surface area (Å²) in [5.74, 6) is 1.04. The molecule has 0 aliphatic carbocycles. The van der Waals surface area contributed by atoms with E-state index < -0.39 is 0 Å². The fourth-order valence-electron chi connectivity index (χ4n) is 2.88. The Balaban J connectivity index is 1.81. The molecule has 2 aromatic carbocycles. The molecule has 0 bridgehead atoms. The number of guanidine groups is 1. The molecule has 3 aromatic rings. The largest absolute Gasteiger partial charge is 0.493 e. The number of pyridine rings is 1. The Labute approximate surface area is 182 Å². The second kappa shape index (κ2) is 10.8. The van der Waals surface area contributed by atoms with E-state index in [1.54, 1.807) is 31.5 Å². The molecule has 2 N–H and O–H groups in total. The number of aliphatic imine (C=N–C) groups is 1. The van der Waals surface area contributed by atoms with Gasteiger partial charge in [0.25, 0.3) is 5.91 Å². The first-order valence-corrected chi connectivity index (χ1v) is 9.96. The predicted molar refractivity (Wildman–Crippen MR) is 122 cm³/mol. The molecule has 0 unspecified atom stereocenters. The molecule has 7 heteroatoms. The molecular weight excluding hydrogens is 392 g/mol. The number of benzene rings is 2. The highest BCUT2D eigenvalue weighted by atomic mass is 16.5. The first-order valence-electron chi connectivity index (χ1n) is 9.96. The van der Waals surface area contributed by atoms with Gasteiger partial charge in [0.15, 0.2) is 11.5 Å². The average Bonchev–Trinajstić information content (AvgIpc) is 2.83. The van der Waals surface area contributed by atoms with Gasteiger partial charge in [-0.15, -0.1) is 0 Å². The quantitative estimate of drug-likeness (QED) is 0.446. The summed E-state index contributed by atoms with van der Waals surface area (Å²) in [5.41, 5.74) is 3.27. The van der Waals surface area contributed by atoms with Crippen molar-refractivity contribution < 1.29 is 14.3 Å². The lowest BCUT2D eigenvalue weighted by molar-refractivity contribution is 0.0976. The van der Waals surface area contributed by atoms with Gasteiger partial charge in [-0.2, -0.15) is 0 Å². The molecule has 0 saturated carbocycles. The number of hydrogen-bond donors (Lipinski definition) is 2. The van der Waals surface area contributed by atoms with Crippen LogP contribution in [0, 0.1) is 0 Å². The molecule has 7 nitrogen and oxygen atoms in total. The molecule has 0 spiro atoms. The Morgan fingerprint density at radius 1 is 1.00 bits per heavy atom. The summed E-state index contributed by atoms with van der Waals surface area (Å²) in [7, 11) is 3.08. The standard InChI is InChI=1S/C24H26N4O3/c1-4-17-8-11-19(12-9-17)27-24(26-16-20-7-5-6-14-25-20)28-23(29)18-10-13-21(30-2)22(15-18)31-3/h5-15H,4,16H2,1-3H3,(H2,26,27,28,29). The van der Waals surface area contributed by atoms with E-state index in [0.717, 1.165) is 17.8 Å². The van der Waals surface area contributed by atoms with Gasteiger partial charge in [-0.25, -0.2) is 4.99 Å². The van der Waals surface area contributed by atoms with Crippen LogP contribution in [0.2, 0.25) is 0 Å². The van der Waals surface area contributed by atoms with Crippen LogP contribution in [0.25, 0.3) is 0 Å². The van der Waals surface area contributed by atoms with Crippen LogP contribution >= 0.6 is 0 Å². The van der Waals surface area contributed by atoms with Crippen LogP contribution in [-0.4, -0.2) is 31.1 Å². The summed E-state index contributed by atoms with van der Waals surface area (Å²) >= 11 is 0. The number of aromatic nitrogens is 1. The third-order valence-corrected chi connectivity index (χ3v) is 4.63. The molecule has 0 aliphatic rings. The summed E-state index contributed by atoms with van der Waals surface area (Å²) in [6.07, 6.45) is 2.67. The number of methoxy groups -OCH3 is 2. The number of anilines is 1. The van der Waals surface area contributed by atoms with Gasteiger partial charge in [-0.3, -0.25) is 15.1 Å².